The van der Waals surface area contributed by atoms with Crippen molar-refractivity contribution in [2.75, 3.05) is 0 Å². The van der Waals surface area contributed by atoms with Crippen LogP contribution in [0.3, 0.4) is 0 Å². The van der Waals surface area contributed by atoms with E-state index in [2.05, 4.69) is 15.9 Å². The van der Waals surface area contributed by atoms with Crippen molar-refractivity contribution in [3.05, 3.63) is 56.5 Å². The largest absolute Gasteiger partial charge is 0.326 e. The Bertz CT molecular complexity index is 575. The van der Waals surface area contributed by atoms with E-state index >= 15 is 0 Å². The summed E-state index contributed by atoms with van der Waals surface area (Å²) in [4.78, 5) is 2.17. The first-order valence-electron chi connectivity index (χ1n) is 5.21. The third-order valence-corrected chi connectivity index (χ3v) is 4.70. The maximum absolute atomic E-state index is 6.00. The summed E-state index contributed by atoms with van der Waals surface area (Å²) in [6.45, 7) is 0.503. The Morgan fingerprint density at radius 3 is 2.50 bits per heavy atom. The van der Waals surface area contributed by atoms with Gasteiger partial charge in [0.05, 0.1) is 10.0 Å². The average molecular weight is 363 g/mol. The minimum Gasteiger partial charge on any atom is -0.326 e. The molecule has 0 bridgehead atoms. The van der Waals surface area contributed by atoms with Crippen LogP contribution in [0.25, 0.3) is 0 Å². The van der Waals surface area contributed by atoms with Crippen molar-refractivity contribution in [1.82, 2.24) is 0 Å². The fourth-order valence-corrected chi connectivity index (χ4v) is 3.22. The molecule has 0 saturated carbocycles. The lowest BCUT2D eigenvalue weighted by Crippen LogP contribution is -1.98. The monoisotopic (exact) mass is 361 g/mol. The van der Waals surface area contributed by atoms with Gasteiger partial charge in [-0.15, -0.1) is 0 Å². The minimum atomic E-state index is 0.503. The SMILES string of the molecule is NCc1cc(Br)ccc1Sc1ccc(Cl)c(Cl)c1. The van der Waals surface area contributed by atoms with Gasteiger partial charge in [0.1, 0.15) is 0 Å². The summed E-state index contributed by atoms with van der Waals surface area (Å²) in [5.41, 5.74) is 6.84. The van der Waals surface area contributed by atoms with Crippen molar-refractivity contribution < 1.29 is 0 Å². The van der Waals surface area contributed by atoms with E-state index in [9.17, 15) is 0 Å². The summed E-state index contributed by atoms with van der Waals surface area (Å²) in [5.74, 6) is 0. The van der Waals surface area contributed by atoms with Crippen molar-refractivity contribution in [1.29, 1.82) is 0 Å². The highest BCUT2D eigenvalue weighted by Gasteiger charge is 2.06. The van der Waals surface area contributed by atoms with Crippen LogP contribution in [-0.2, 0) is 6.54 Å². The van der Waals surface area contributed by atoms with Crippen LogP contribution >= 0.6 is 50.9 Å². The fourth-order valence-electron chi connectivity index (χ4n) is 1.47. The highest BCUT2D eigenvalue weighted by Crippen LogP contribution is 2.35. The number of halogens is 3. The topological polar surface area (TPSA) is 26.0 Å². The van der Waals surface area contributed by atoms with E-state index in [1.807, 2.05) is 30.3 Å². The zero-order chi connectivity index (χ0) is 13.1. The molecule has 0 aliphatic carbocycles. The zero-order valence-corrected chi connectivity index (χ0v) is 13.2. The molecule has 0 atom stereocenters. The maximum atomic E-state index is 6.00. The molecule has 2 aromatic rings. The third kappa shape index (κ3) is 3.43. The fraction of sp³-hybridized carbons (Fsp3) is 0.0769. The molecule has 2 rings (SSSR count). The lowest BCUT2D eigenvalue weighted by Gasteiger charge is -2.08. The Morgan fingerprint density at radius 1 is 1.06 bits per heavy atom. The summed E-state index contributed by atoms with van der Waals surface area (Å²) in [6.07, 6.45) is 0. The summed E-state index contributed by atoms with van der Waals surface area (Å²) in [5, 5.41) is 1.13. The van der Waals surface area contributed by atoms with Gasteiger partial charge in [-0.25, -0.2) is 0 Å². The van der Waals surface area contributed by atoms with Crippen molar-refractivity contribution in [3.8, 4) is 0 Å². The van der Waals surface area contributed by atoms with Crippen LogP contribution in [0, 0.1) is 0 Å². The Hall–Kier alpha value is -0.190. The van der Waals surface area contributed by atoms with Crippen LogP contribution in [0.2, 0.25) is 10.0 Å². The van der Waals surface area contributed by atoms with Gasteiger partial charge in [-0.1, -0.05) is 50.9 Å². The Balaban J connectivity index is 2.30. The van der Waals surface area contributed by atoms with E-state index in [0.29, 0.717) is 16.6 Å². The molecule has 2 N–H and O–H groups in total. The third-order valence-electron chi connectivity index (χ3n) is 2.36. The minimum absolute atomic E-state index is 0.503. The van der Waals surface area contributed by atoms with Gasteiger partial charge in [0.2, 0.25) is 0 Å². The van der Waals surface area contributed by atoms with Crippen molar-refractivity contribution in [3.63, 3.8) is 0 Å². The maximum Gasteiger partial charge on any atom is 0.0603 e. The second-order valence-electron chi connectivity index (χ2n) is 3.63. The Kier molecular flexibility index (Phi) is 4.98. The summed E-state index contributed by atoms with van der Waals surface area (Å²) in [6, 6.07) is 11.7. The van der Waals surface area contributed by atoms with E-state index in [1.165, 1.54) is 0 Å². The predicted octanol–water partition coefficient (Wildman–Crippen LogP) is 5.37. The highest BCUT2D eigenvalue weighted by atomic mass is 79.9. The molecule has 0 aromatic heterocycles. The molecule has 0 unspecified atom stereocenters. The average Bonchev–Trinajstić information content (AvgIpc) is 2.36. The van der Waals surface area contributed by atoms with Crippen LogP contribution in [0.4, 0.5) is 0 Å². The first-order valence-corrected chi connectivity index (χ1v) is 7.58. The van der Waals surface area contributed by atoms with Gasteiger partial charge in [0.15, 0.2) is 0 Å². The van der Waals surface area contributed by atoms with Gasteiger partial charge >= 0.3 is 0 Å². The number of hydrogen-bond acceptors (Lipinski definition) is 2. The van der Waals surface area contributed by atoms with Crippen molar-refractivity contribution >= 4 is 50.9 Å². The first kappa shape index (κ1) is 14.2. The van der Waals surface area contributed by atoms with E-state index in [-0.39, 0.29) is 0 Å². The molecule has 94 valence electrons. The quantitative estimate of drug-likeness (QED) is 0.794. The standard InChI is InChI=1S/C13H10BrCl2NS/c14-9-1-4-13(8(5-9)7-17)18-10-2-3-11(15)12(16)6-10/h1-6H,7,17H2. The van der Waals surface area contributed by atoms with Gasteiger partial charge in [0, 0.05) is 20.8 Å². The lowest BCUT2D eigenvalue weighted by atomic mass is 10.2. The van der Waals surface area contributed by atoms with Crippen LogP contribution in [-0.4, -0.2) is 0 Å². The molecule has 1 nitrogen and oxygen atoms in total. The first-order chi connectivity index (χ1) is 8.60. The second kappa shape index (κ2) is 6.31. The van der Waals surface area contributed by atoms with Crippen molar-refractivity contribution in [2.24, 2.45) is 5.73 Å². The van der Waals surface area contributed by atoms with Crippen molar-refractivity contribution in [2.45, 2.75) is 16.3 Å². The molecular weight excluding hydrogens is 353 g/mol. The number of nitrogens with two attached hydrogens (primary N) is 1. The molecule has 0 amide bonds. The molecule has 0 radical (unpaired) electrons. The highest BCUT2D eigenvalue weighted by molar-refractivity contribution is 9.10. The number of hydrogen-bond donors (Lipinski definition) is 1. The van der Waals surface area contributed by atoms with Crippen LogP contribution in [0.15, 0.2) is 50.7 Å². The zero-order valence-electron chi connectivity index (χ0n) is 9.29. The molecule has 5 heteroatoms. The van der Waals surface area contributed by atoms with E-state index < -0.39 is 0 Å². The van der Waals surface area contributed by atoms with E-state index in [4.69, 9.17) is 28.9 Å². The Morgan fingerprint density at radius 2 is 1.83 bits per heavy atom. The van der Waals surface area contributed by atoms with E-state index in [1.54, 1.807) is 17.8 Å². The molecule has 0 fully saturated rings. The smallest absolute Gasteiger partial charge is 0.0603 e. The van der Waals surface area contributed by atoms with Crippen LogP contribution in [0.1, 0.15) is 5.56 Å². The molecule has 0 spiro atoms. The summed E-state index contributed by atoms with van der Waals surface area (Å²) >= 11 is 17.0. The van der Waals surface area contributed by atoms with E-state index in [0.717, 1.165) is 19.8 Å². The Labute approximate surface area is 129 Å². The second-order valence-corrected chi connectivity index (χ2v) is 6.48. The molecule has 0 saturated heterocycles. The van der Waals surface area contributed by atoms with Gasteiger partial charge in [0.25, 0.3) is 0 Å². The summed E-state index contributed by atoms with van der Waals surface area (Å²) in [7, 11) is 0. The lowest BCUT2D eigenvalue weighted by molar-refractivity contribution is 1.02. The molecule has 0 heterocycles. The van der Waals surface area contributed by atoms with Crippen LogP contribution < -0.4 is 5.73 Å². The molecule has 18 heavy (non-hydrogen) atoms. The van der Waals surface area contributed by atoms with Crippen LogP contribution in [0.5, 0.6) is 0 Å². The predicted molar refractivity (Wildman–Crippen MR) is 82.6 cm³/mol. The summed E-state index contributed by atoms with van der Waals surface area (Å²) < 4.78 is 1.03. The van der Waals surface area contributed by atoms with Gasteiger partial charge in [-0.3, -0.25) is 0 Å². The molecule has 2 aromatic carbocycles. The molecule has 0 aliphatic rings. The van der Waals surface area contributed by atoms with Gasteiger partial charge < -0.3 is 5.73 Å². The number of rotatable bonds is 3. The molecular formula is C13H10BrCl2NS. The normalized spacial score (nSPS) is 10.7. The molecule has 0 aliphatic heterocycles. The van der Waals surface area contributed by atoms with Gasteiger partial charge in [-0.2, -0.15) is 0 Å². The number of benzene rings is 2. The van der Waals surface area contributed by atoms with Gasteiger partial charge in [-0.05, 0) is 42.0 Å².